The second-order valence-corrected chi connectivity index (χ2v) is 8.11. The number of amides is 2. The van der Waals surface area contributed by atoms with Crippen LogP contribution in [0.25, 0.3) is 5.57 Å². The highest BCUT2D eigenvalue weighted by Gasteiger charge is 2.23. The standard InChI is InChI=1S/C24H30N4O3/c1-31-23-5-3-2-4-22(23)18-8-12-27(13-9-18)17-21(29)7-11-26-24(30)28-15-19-6-10-25-14-20(19)16-28/h2-6,8,10,14,21,29H,7,9,11-13,15-17H2,1H3,(H,26,30)/t21-/m1/s1. The molecule has 0 saturated carbocycles. The van der Waals surface area contributed by atoms with Gasteiger partial charge in [0.2, 0.25) is 0 Å². The summed E-state index contributed by atoms with van der Waals surface area (Å²) in [5.74, 6) is 0.898. The van der Waals surface area contributed by atoms with E-state index in [1.807, 2.05) is 30.5 Å². The molecule has 4 rings (SSSR count). The van der Waals surface area contributed by atoms with Gasteiger partial charge in [-0.25, -0.2) is 4.79 Å². The maximum absolute atomic E-state index is 12.4. The Kier molecular flexibility index (Phi) is 6.84. The lowest BCUT2D eigenvalue weighted by Crippen LogP contribution is -2.40. The van der Waals surface area contributed by atoms with E-state index in [-0.39, 0.29) is 6.03 Å². The highest BCUT2D eigenvalue weighted by molar-refractivity contribution is 5.75. The molecule has 1 aromatic heterocycles. The first-order chi connectivity index (χ1) is 15.1. The average Bonchev–Trinajstić information content (AvgIpc) is 3.24. The van der Waals surface area contributed by atoms with Crippen LogP contribution in [-0.2, 0) is 13.1 Å². The van der Waals surface area contributed by atoms with Gasteiger partial charge in [-0.2, -0.15) is 0 Å². The van der Waals surface area contributed by atoms with Gasteiger partial charge in [0, 0.05) is 57.2 Å². The number of fused-ring (bicyclic) bond motifs is 1. The third-order valence-electron chi connectivity index (χ3n) is 5.98. The summed E-state index contributed by atoms with van der Waals surface area (Å²) in [5.41, 5.74) is 4.68. The van der Waals surface area contributed by atoms with Gasteiger partial charge < -0.3 is 20.1 Å². The second-order valence-electron chi connectivity index (χ2n) is 8.11. The lowest BCUT2D eigenvalue weighted by Gasteiger charge is -2.29. The molecule has 0 radical (unpaired) electrons. The molecule has 7 nitrogen and oxygen atoms in total. The minimum Gasteiger partial charge on any atom is -0.496 e. The van der Waals surface area contributed by atoms with E-state index < -0.39 is 6.10 Å². The molecule has 1 aromatic carbocycles. The third kappa shape index (κ3) is 5.24. The van der Waals surface area contributed by atoms with E-state index in [0.717, 1.165) is 42.0 Å². The molecule has 7 heteroatoms. The van der Waals surface area contributed by atoms with Gasteiger partial charge >= 0.3 is 6.03 Å². The van der Waals surface area contributed by atoms with E-state index in [4.69, 9.17) is 4.74 Å². The van der Waals surface area contributed by atoms with Crippen molar-refractivity contribution in [2.45, 2.75) is 32.0 Å². The number of aromatic nitrogens is 1. The van der Waals surface area contributed by atoms with Crippen LogP contribution in [0.4, 0.5) is 4.79 Å². The van der Waals surface area contributed by atoms with E-state index in [9.17, 15) is 9.90 Å². The normalized spacial score (nSPS) is 17.1. The van der Waals surface area contributed by atoms with Crippen molar-refractivity contribution in [3.05, 3.63) is 65.5 Å². The molecule has 2 amide bonds. The van der Waals surface area contributed by atoms with Crippen LogP contribution in [0, 0.1) is 0 Å². The largest absolute Gasteiger partial charge is 0.496 e. The SMILES string of the molecule is COc1ccccc1C1=CCN(C[C@H](O)CCNC(=O)N2Cc3ccncc3C2)CC1. The van der Waals surface area contributed by atoms with E-state index in [0.29, 0.717) is 32.6 Å². The number of carbonyl (C=O) groups is 1. The van der Waals surface area contributed by atoms with Gasteiger partial charge in [-0.05, 0) is 41.7 Å². The fraction of sp³-hybridized carbons (Fsp3) is 0.417. The zero-order valence-electron chi connectivity index (χ0n) is 18.0. The van der Waals surface area contributed by atoms with Crippen LogP contribution in [0.5, 0.6) is 5.75 Å². The first kappa shape index (κ1) is 21.3. The molecule has 3 heterocycles. The summed E-state index contributed by atoms with van der Waals surface area (Å²) < 4.78 is 5.47. The number of aliphatic hydroxyl groups excluding tert-OH is 1. The number of nitrogens with zero attached hydrogens (tertiary/aromatic N) is 3. The van der Waals surface area contributed by atoms with Crippen LogP contribution in [0.1, 0.15) is 29.5 Å². The fourth-order valence-corrected chi connectivity index (χ4v) is 4.24. The van der Waals surface area contributed by atoms with Crippen molar-refractivity contribution < 1.29 is 14.6 Å². The van der Waals surface area contributed by atoms with Gasteiger partial charge in [-0.15, -0.1) is 0 Å². The second kappa shape index (κ2) is 9.94. The van der Waals surface area contributed by atoms with E-state index >= 15 is 0 Å². The van der Waals surface area contributed by atoms with Crippen LogP contribution in [0.15, 0.2) is 48.8 Å². The van der Waals surface area contributed by atoms with Gasteiger partial charge in [0.15, 0.2) is 0 Å². The molecule has 31 heavy (non-hydrogen) atoms. The minimum absolute atomic E-state index is 0.0919. The van der Waals surface area contributed by atoms with E-state index in [1.165, 1.54) is 5.57 Å². The number of hydrogen-bond acceptors (Lipinski definition) is 5. The van der Waals surface area contributed by atoms with Crippen molar-refractivity contribution in [3.63, 3.8) is 0 Å². The predicted molar refractivity (Wildman–Crippen MR) is 120 cm³/mol. The highest BCUT2D eigenvalue weighted by Crippen LogP contribution is 2.30. The van der Waals surface area contributed by atoms with E-state index in [1.54, 1.807) is 18.2 Å². The molecule has 2 aliphatic heterocycles. The number of hydrogen-bond donors (Lipinski definition) is 2. The van der Waals surface area contributed by atoms with Gasteiger partial charge in [0.1, 0.15) is 5.75 Å². The highest BCUT2D eigenvalue weighted by atomic mass is 16.5. The summed E-state index contributed by atoms with van der Waals surface area (Å²) >= 11 is 0. The van der Waals surface area contributed by atoms with Crippen molar-refractivity contribution >= 4 is 11.6 Å². The number of ether oxygens (including phenoxy) is 1. The minimum atomic E-state index is -0.471. The lowest BCUT2D eigenvalue weighted by atomic mass is 9.98. The zero-order valence-corrected chi connectivity index (χ0v) is 18.0. The molecule has 0 fully saturated rings. The Hall–Kier alpha value is -2.90. The number of aliphatic hydroxyl groups is 1. The van der Waals surface area contributed by atoms with Crippen molar-refractivity contribution in [1.29, 1.82) is 0 Å². The molecule has 2 aliphatic rings. The van der Waals surface area contributed by atoms with Crippen molar-refractivity contribution in [2.75, 3.05) is 33.3 Å². The number of rotatable bonds is 7. The number of urea groups is 1. The fourth-order valence-electron chi connectivity index (χ4n) is 4.24. The molecule has 164 valence electrons. The quantitative estimate of drug-likeness (QED) is 0.717. The number of nitrogens with one attached hydrogen (secondary N) is 1. The summed E-state index contributed by atoms with van der Waals surface area (Å²) in [6.07, 6.45) is 6.78. The Bertz CT molecular complexity index is 921. The van der Waals surface area contributed by atoms with Crippen LogP contribution in [0.2, 0.25) is 0 Å². The van der Waals surface area contributed by atoms with Crippen molar-refractivity contribution in [1.82, 2.24) is 20.1 Å². The summed E-state index contributed by atoms with van der Waals surface area (Å²) in [4.78, 5) is 20.5. The Morgan fingerprint density at radius 2 is 2.10 bits per heavy atom. The zero-order chi connectivity index (χ0) is 21.6. The van der Waals surface area contributed by atoms with Crippen LogP contribution >= 0.6 is 0 Å². The summed E-state index contributed by atoms with van der Waals surface area (Å²) in [6, 6.07) is 9.95. The van der Waals surface area contributed by atoms with Crippen LogP contribution in [-0.4, -0.2) is 65.3 Å². The van der Waals surface area contributed by atoms with Gasteiger partial charge in [0.05, 0.1) is 13.2 Å². The summed E-state index contributed by atoms with van der Waals surface area (Å²) in [7, 11) is 1.70. The van der Waals surface area contributed by atoms with E-state index in [2.05, 4.69) is 27.3 Å². The number of methoxy groups -OCH3 is 1. The molecule has 0 aliphatic carbocycles. The van der Waals surface area contributed by atoms with Crippen molar-refractivity contribution in [2.24, 2.45) is 0 Å². The number of pyridine rings is 1. The first-order valence-corrected chi connectivity index (χ1v) is 10.8. The van der Waals surface area contributed by atoms with Gasteiger partial charge in [-0.1, -0.05) is 24.3 Å². The lowest BCUT2D eigenvalue weighted by molar-refractivity contribution is 0.110. The first-order valence-electron chi connectivity index (χ1n) is 10.8. The van der Waals surface area contributed by atoms with Crippen LogP contribution in [0.3, 0.4) is 0 Å². The Labute approximate surface area is 183 Å². The third-order valence-corrected chi connectivity index (χ3v) is 5.98. The maximum Gasteiger partial charge on any atom is 0.318 e. The molecule has 0 unspecified atom stereocenters. The number of benzene rings is 1. The summed E-state index contributed by atoms with van der Waals surface area (Å²) in [6.45, 7) is 3.96. The number of β-amino-alcohol motifs (C(OH)–C–C–N with tert-alkyl or cyclic N) is 1. The predicted octanol–water partition coefficient (Wildman–Crippen LogP) is 2.66. The Morgan fingerprint density at radius 3 is 2.87 bits per heavy atom. The monoisotopic (exact) mass is 422 g/mol. The van der Waals surface area contributed by atoms with Crippen LogP contribution < -0.4 is 10.1 Å². The van der Waals surface area contributed by atoms with Crippen molar-refractivity contribution in [3.8, 4) is 5.75 Å². The molecular formula is C24H30N4O3. The molecular weight excluding hydrogens is 392 g/mol. The Balaban J connectivity index is 1.18. The Morgan fingerprint density at radius 1 is 1.26 bits per heavy atom. The number of carbonyl (C=O) groups excluding carboxylic acids is 1. The molecule has 2 N–H and O–H groups in total. The van der Waals surface area contributed by atoms with Gasteiger partial charge in [0.25, 0.3) is 0 Å². The molecule has 2 aromatic rings. The average molecular weight is 423 g/mol. The summed E-state index contributed by atoms with van der Waals surface area (Å²) in [5, 5.41) is 13.4. The topological polar surface area (TPSA) is 77.9 Å². The maximum atomic E-state index is 12.4. The number of para-hydroxylation sites is 1. The molecule has 1 atom stereocenters. The molecule has 0 spiro atoms. The van der Waals surface area contributed by atoms with Gasteiger partial charge in [-0.3, -0.25) is 9.88 Å². The molecule has 0 saturated heterocycles. The smallest absolute Gasteiger partial charge is 0.318 e. The molecule has 0 bridgehead atoms.